The van der Waals surface area contributed by atoms with Crippen molar-refractivity contribution < 1.29 is 4.39 Å². The Hall–Kier alpha value is -1.49. The number of hydrogen-bond donors (Lipinski definition) is 0. The van der Waals surface area contributed by atoms with Crippen molar-refractivity contribution in [2.75, 3.05) is 20.1 Å². The molecule has 1 atom stereocenters. The van der Waals surface area contributed by atoms with Gasteiger partial charge in [-0.15, -0.1) is 10.2 Å². The number of halogens is 1. The van der Waals surface area contributed by atoms with Crippen molar-refractivity contribution in [3.8, 4) is 0 Å². The smallest absolute Gasteiger partial charge is 0.160 e. The molecular formula is C12H15FN4. The van der Waals surface area contributed by atoms with Gasteiger partial charge in [0.25, 0.3) is 0 Å². The summed E-state index contributed by atoms with van der Waals surface area (Å²) in [6.45, 7) is 2.10. The Morgan fingerprint density at radius 3 is 3.06 bits per heavy atom. The van der Waals surface area contributed by atoms with E-state index >= 15 is 0 Å². The Morgan fingerprint density at radius 2 is 2.24 bits per heavy atom. The minimum Gasteiger partial charge on any atom is -0.306 e. The van der Waals surface area contributed by atoms with Crippen LogP contribution >= 0.6 is 0 Å². The van der Waals surface area contributed by atoms with Crippen LogP contribution < -0.4 is 0 Å². The fraction of sp³-hybridized carbons (Fsp3) is 0.500. The third-order valence-electron chi connectivity index (χ3n) is 3.38. The maximum absolute atomic E-state index is 13.3. The second-order valence-corrected chi connectivity index (χ2v) is 4.74. The van der Waals surface area contributed by atoms with E-state index in [1.807, 2.05) is 0 Å². The first-order chi connectivity index (χ1) is 8.24. The van der Waals surface area contributed by atoms with E-state index in [9.17, 15) is 4.39 Å². The molecule has 0 radical (unpaired) electrons. The summed E-state index contributed by atoms with van der Waals surface area (Å²) in [6.07, 6.45) is 3.73. The molecule has 1 aliphatic heterocycles. The van der Waals surface area contributed by atoms with Gasteiger partial charge in [0.05, 0.1) is 0 Å². The molecule has 3 rings (SSSR count). The summed E-state index contributed by atoms with van der Waals surface area (Å²) < 4.78 is 15.0. The second kappa shape index (κ2) is 4.07. The molecule has 5 heteroatoms. The van der Waals surface area contributed by atoms with Gasteiger partial charge in [0.15, 0.2) is 5.65 Å². The Bertz CT molecular complexity index is 536. The maximum Gasteiger partial charge on any atom is 0.160 e. The van der Waals surface area contributed by atoms with Crippen LogP contribution in [0.1, 0.15) is 24.6 Å². The standard InChI is InChI=1S/C12H15FN4/c1-16-6-2-3-9(7-16)12-15-14-11-5-4-10(13)8-17(11)12/h4-5,8-9H,2-3,6-7H2,1H3. The van der Waals surface area contributed by atoms with Crippen molar-refractivity contribution in [2.24, 2.45) is 0 Å². The molecule has 0 aromatic carbocycles. The molecule has 0 bridgehead atoms. The zero-order valence-corrected chi connectivity index (χ0v) is 9.80. The number of hydrogen-bond acceptors (Lipinski definition) is 3. The minimum atomic E-state index is -0.247. The first kappa shape index (κ1) is 10.7. The lowest BCUT2D eigenvalue weighted by molar-refractivity contribution is 0.245. The van der Waals surface area contributed by atoms with Crippen LogP contribution in [0.3, 0.4) is 0 Å². The van der Waals surface area contributed by atoms with Gasteiger partial charge in [0.2, 0.25) is 0 Å². The van der Waals surface area contributed by atoms with Gasteiger partial charge >= 0.3 is 0 Å². The lowest BCUT2D eigenvalue weighted by Gasteiger charge is -2.28. The third kappa shape index (κ3) is 1.91. The van der Waals surface area contributed by atoms with E-state index in [0.717, 1.165) is 37.4 Å². The summed E-state index contributed by atoms with van der Waals surface area (Å²) in [5.41, 5.74) is 0.717. The molecule has 0 spiro atoms. The fourth-order valence-electron chi connectivity index (χ4n) is 2.54. The zero-order valence-electron chi connectivity index (χ0n) is 9.80. The molecule has 0 N–H and O–H groups in total. The molecular weight excluding hydrogens is 219 g/mol. The summed E-state index contributed by atoms with van der Waals surface area (Å²) in [4.78, 5) is 2.29. The van der Waals surface area contributed by atoms with E-state index in [1.54, 1.807) is 10.5 Å². The van der Waals surface area contributed by atoms with E-state index in [1.165, 1.54) is 12.3 Å². The Balaban J connectivity index is 2.01. The number of rotatable bonds is 1. The van der Waals surface area contributed by atoms with Crippen molar-refractivity contribution in [3.63, 3.8) is 0 Å². The molecule has 3 heterocycles. The predicted octanol–water partition coefficient (Wildman–Crippen LogP) is 1.68. The van der Waals surface area contributed by atoms with Crippen LogP contribution in [0.4, 0.5) is 4.39 Å². The number of piperidine rings is 1. The van der Waals surface area contributed by atoms with Crippen molar-refractivity contribution in [2.45, 2.75) is 18.8 Å². The molecule has 0 saturated carbocycles. The highest BCUT2D eigenvalue weighted by Crippen LogP contribution is 2.25. The molecule has 1 unspecified atom stereocenters. The largest absolute Gasteiger partial charge is 0.306 e. The summed E-state index contributed by atoms with van der Waals surface area (Å²) in [7, 11) is 2.11. The number of fused-ring (bicyclic) bond motifs is 1. The van der Waals surface area contributed by atoms with Crippen molar-refractivity contribution in [3.05, 3.63) is 30.0 Å². The molecule has 2 aromatic rings. The predicted molar refractivity (Wildman–Crippen MR) is 62.4 cm³/mol. The molecule has 0 amide bonds. The molecule has 0 aliphatic carbocycles. The van der Waals surface area contributed by atoms with Crippen molar-refractivity contribution >= 4 is 5.65 Å². The monoisotopic (exact) mass is 234 g/mol. The number of nitrogens with zero attached hydrogens (tertiary/aromatic N) is 4. The number of likely N-dealkylation sites (tertiary alicyclic amines) is 1. The first-order valence-corrected chi connectivity index (χ1v) is 5.93. The maximum atomic E-state index is 13.3. The molecule has 1 aliphatic rings. The Kier molecular flexibility index (Phi) is 2.55. The van der Waals surface area contributed by atoms with Gasteiger partial charge < -0.3 is 4.90 Å². The lowest BCUT2D eigenvalue weighted by Crippen LogP contribution is -2.31. The van der Waals surface area contributed by atoms with E-state index < -0.39 is 0 Å². The number of pyridine rings is 1. The number of likely N-dealkylation sites (N-methyl/N-ethyl adjacent to an activating group) is 1. The van der Waals surface area contributed by atoms with Gasteiger partial charge in [-0.05, 0) is 38.6 Å². The Labute approximate surface area is 99.1 Å². The minimum absolute atomic E-state index is 0.247. The first-order valence-electron chi connectivity index (χ1n) is 5.93. The van der Waals surface area contributed by atoms with Gasteiger partial charge in [-0.1, -0.05) is 0 Å². The highest BCUT2D eigenvalue weighted by molar-refractivity contribution is 5.38. The summed E-state index contributed by atoms with van der Waals surface area (Å²) in [6, 6.07) is 3.08. The van der Waals surface area contributed by atoms with Crippen molar-refractivity contribution in [1.82, 2.24) is 19.5 Å². The lowest BCUT2D eigenvalue weighted by atomic mass is 9.98. The van der Waals surface area contributed by atoms with E-state index in [-0.39, 0.29) is 5.82 Å². The van der Waals surface area contributed by atoms with E-state index in [0.29, 0.717) is 5.92 Å². The average Bonchev–Trinajstić information content (AvgIpc) is 2.71. The highest BCUT2D eigenvalue weighted by Gasteiger charge is 2.23. The van der Waals surface area contributed by atoms with E-state index in [4.69, 9.17) is 0 Å². The Morgan fingerprint density at radius 1 is 1.35 bits per heavy atom. The molecule has 17 heavy (non-hydrogen) atoms. The topological polar surface area (TPSA) is 33.4 Å². The quantitative estimate of drug-likeness (QED) is 0.752. The normalized spacial score (nSPS) is 22.1. The average molecular weight is 234 g/mol. The molecule has 90 valence electrons. The third-order valence-corrected chi connectivity index (χ3v) is 3.38. The van der Waals surface area contributed by atoms with E-state index in [2.05, 4.69) is 22.1 Å². The SMILES string of the molecule is CN1CCCC(c2nnc3ccc(F)cn23)C1. The van der Waals surface area contributed by atoms with Gasteiger partial charge in [-0.2, -0.15) is 0 Å². The molecule has 4 nitrogen and oxygen atoms in total. The summed E-state index contributed by atoms with van der Waals surface area (Å²) in [5, 5.41) is 8.30. The summed E-state index contributed by atoms with van der Waals surface area (Å²) in [5.74, 6) is 0.985. The van der Waals surface area contributed by atoms with Gasteiger partial charge in [-0.3, -0.25) is 4.40 Å². The van der Waals surface area contributed by atoms with Gasteiger partial charge in [0, 0.05) is 18.7 Å². The van der Waals surface area contributed by atoms with Crippen LogP contribution in [-0.2, 0) is 0 Å². The molecule has 2 aromatic heterocycles. The summed E-state index contributed by atoms with van der Waals surface area (Å²) >= 11 is 0. The van der Waals surface area contributed by atoms with Crippen molar-refractivity contribution in [1.29, 1.82) is 0 Å². The van der Waals surface area contributed by atoms with Crippen LogP contribution in [0.25, 0.3) is 5.65 Å². The van der Waals surface area contributed by atoms with Gasteiger partial charge in [0.1, 0.15) is 11.6 Å². The zero-order chi connectivity index (χ0) is 11.8. The van der Waals surface area contributed by atoms with Crippen LogP contribution in [0.15, 0.2) is 18.3 Å². The second-order valence-electron chi connectivity index (χ2n) is 4.74. The molecule has 1 fully saturated rings. The van der Waals surface area contributed by atoms with Crippen LogP contribution in [-0.4, -0.2) is 39.6 Å². The fourth-order valence-corrected chi connectivity index (χ4v) is 2.54. The van der Waals surface area contributed by atoms with Crippen LogP contribution in [0, 0.1) is 5.82 Å². The van der Waals surface area contributed by atoms with Gasteiger partial charge in [-0.25, -0.2) is 4.39 Å². The van der Waals surface area contributed by atoms with Crippen LogP contribution in [0.2, 0.25) is 0 Å². The number of aromatic nitrogens is 3. The molecule has 1 saturated heterocycles. The van der Waals surface area contributed by atoms with Crippen LogP contribution in [0.5, 0.6) is 0 Å². The highest BCUT2D eigenvalue weighted by atomic mass is 19.1.